The van der Waals surface area contributed by atoms with E-state index in [4.69, 9.17) is 0 Å². The van der Waals surface area contributed by atoms with Gasteiger partial charge in [-0.2, -0.15) is 0 Å². The van der Waals surface area contributed by atoms with Crippen molar-refractivity contribution >= 4 is 23.5 Å². The lowest BCUT2D eigenvalue weighted by Gasteiger charge is -2.21. The molecular weight excluding hydrogens is 344 g/mol. The van der Waals surface area contributed by atoms with E-state index in [1.165, 1.54) is 0 Å². The van der Waals surface area contributed by atoms with Gasteiger partial charge >= 0.3 is 5.97 Å². The van der Waals surface area contributed by atoms with Gasteiger partial charge in [0, 0.05) is 18.7 Å². The summed E-state index contributed by atoms with van der Waals surface area (Å²) >= 11 is 0. The zero-order valence-electron chi connectivity index (χ0n) is 15.3. The van der Waals surface area contributed by atoms with Gasteiger partial charge < -0.3 is 15.3 Å². The number of aliphatic carboxylic acids is 1. The average molecular weight is 366 g/mol. The van der Waals surface area contributed by atoms with Crippen LogP contribution in [0.1, 0.15) is 29.2 Å². The van der Waals surface area contributed by atoms with Gasteiger partial charge in [-0.25, -0.2) is 4.79 Å². The molecule has 2 atom stereocenters. The summed E-state index contributed by atoms with van der Waals surface area (Å²) in [6.07, 6.45) is 0.0698. The Labute approximate surface area is 157 Å². The normalized spacial score (nSPS) is 17.6. The lowest BCUT2D eigenvalue weighted by atomic mass is 10.0. The lowest BCUT2D eigenvalue weighted by Crippen LogP contribution is -2.38. The second-order valence-corrected chi connectivity index (χ2v) is 6.81. The van der Waals surface area contributed by atoms with Gasteiger partial charge in [0.1, 0.15) is 0 Å². The summed E-state index contributed by atoms with van der Waals surface area (Å²) in [4.78, 5) is 38.3. The van der Waals surface area contributed by atoms with Crippen molar-refractivity contribution in [2.45, 2.75) is 26.3 Å². The predicted molar refractivity (Wildman–Crippen MR) is 101 cm³/mol. The number of aryl methyl sites for hydroxylation is 1. The second kappa shape index (κ2) is 7.61. The quantitative estimate of drug-likeness (QED) is 0.852. The van der Waals surface area contributed by atoms with Gasteiger partial charge in [0.05, 0.1) is 5.92 Å². The van der Waals surface area contributed by atoms with E-state index in [9.17, 15) is 19.5 Å². The smallest absolute Gasteiger partial charge is 0.330 e. The summed E-state index contributed by atoms with van der Waals surface area (Å²) in [5.74, 6) is -2.27. The first kappa shape index (κ1) is 18.6. The Kier molecular flexibility index (Phi) is 5.26. The molecule has 0 aromatic heterocycles. The van der Waals surface area contributed by atoms with E-state index in [2.05, 4.69) is 5.32 Å². The van der Waals surface area contributed by atoms with Gasteiger partial charge in [-0.05, 0) is 36.6 Å². The molecule has 1 saturated heterocycles. The molecule has 27 heavy (non-hydrogen) atoms. The maximum absolute atomic E-state index is 12.7. The second-order valence-electron chi connectivity index (χ2n) is 6.81. The molecule has 1 aliphatic heterocycles. The fraction of sp³-hybridized carbons (Fsp3) is 0.286. The Bertz CT molecular complexity index is 879. The molecule has 6 nitrogen and oxygen atoms in total. The number of carbonyl (C=O) groups is 3. The molecule has 3 rings (SSSR count). The number of rotatable bonds is 5. The van der Waals surface area contributed by atoms with Crippen LogP contribution < -0.4 is 10.2 Å². The van der Waals surface area contributed by atoms with Crippen molar-refractivity contribution in [3.8, 4) is 0 Å². The van der Waals surface area contributed by atoms with Crippen LogP contribution in [0.4, 0.5) is 5.69 Å². The summed E-state index contributed by atoms with van der Waals surface area (Å²) in [5, 5.41) is 12.1. The number of carboxylic acid groups (broad SMARTS) is 1. The van der Waals surface area contributed by atoms with Crippen LogP contribution in [0.2, 0.25) is 0 Å². The maximum atomic E-state index is 12.7. The Balaban J connectivity index is 1.75. The van der Waals surface area contributed by atoms with E-state index < -0.39 is 23.8 Å². The van der Waals surface area contributed by atoms with Crippen molar-refractivity contribution in [2.75, 3.05) is 11.4 Å². The van der Waals surface area contributed by atoms with Gasteiger partial charge in [0.2, 0.25) is 11.8 Å². The van der Waals surface area contributed by atoms with E-state index in [0.717, 1.165) is 16.8 Å². The number of hydrogen-bond acceptors (Lipinski definition) is 3. The van der Waals surface area contributed by atoms with Crippen LogP contribution in [0.15, 0.2) is 48.5 Å². The van der Waals surface area contributed by atoms with Crippen LogP contribution in [-0.2, 0) is 14.4 Å². The van der Waals surface area contributed by atoms with Crippen LogP contribution in [0.3, 0.4) is 0 Å². The highest BCUT2D eigenvalue weighted by Crippen LogP contribution is 2.29. The molecule has 2 N–H and O–H groups in total. The molecule has 2 amide bonds. The fourth-order valence-electron chi connectivity index (χ4n) is 3.34. The first-order valence-corrected chi connectivity index (χ1v) is 8.83. The summed E-state index contributed by atoms with van der Waals surface area (Å²) in [6.45, 7) is 4.16. The van der Waals surface area contributed by atoms with Crippen molar-refractivity contribution in [3.63, 3.8) is 0 Å². The van der Waals surface area contributed by atoms with Crippen LogP contribution in [-0.4, -0.2) is 29.4 Å². The summed E-state index contributed by atoms with van der Waals surface area (Å²) in [7, 11) is 0. The topological polar surface area (TPSA) is 86.7 Å². The third-order valence-electron chi connectivity index (χ3n) is 5.03. The SMILES string of the molecule is Cc1cccc(N2CC(C(=O)NC(C(=O)O)c3ccccc3)CC2=O)c1C. The number of amides is 2. The van der Waals surface area contributed by atoms with Crippen molar-refractivity contribution in [2.24, 2.45) is 5.92 Å². The highest BCUT2D eigenvalue weighted by molar-refractivity contribution is 6.01. The van der Waals surface area contributed by atoms with Crippen LogP contribution in [0.5, 0.6) is 0 Å². The number of anilines is 1. The number of carboxylic acids is 1. The van der Waals surface area contributed by atoms with E-state index in [1.807, 2.05) is 32.0 Å². The van der Waals surface area contributed by atoms with Crippen molar-refractivity contribution in [3.05, 3.63) is 65.2 Å². The van der Waals surface area contributed by atoms with E-state index >= 15 is 0 Å². The van der Waals surface area contributed by atoms with Gasteiger partial charge in [-0.15, -0.1) is 0 Å². The molecule has 2 aromatic carbocycles. The molecule has 2 aromatic rings. The predicted octanol–water partition coefficient (Wildman–Crippen LogP) is 2.60. The first-order chi connectivity index (χ1) is 12.9. The zero-order valence-corrected chi connectivity index (χ0v) is 15.3. The molecule has 1 fully saturated rings. The number of hydrogen-bond donors (Lipinski definition) is 2. The molecule has 0 saturated carbocycles. The molecule has 1 aliphatic rings. The third-order valence-corrected chi connectivity index (χ3v) is 5.03. The maximum Gasteiger partial charge on any atom is 0.330 e. The van der Waals surface area contributed by atoms with Crippen LogP contribution in [0, 0.1) is 19.8 Å². The van der Waals surface area contributed by atoms with Gasteiger partial charge in [-0.3, -0.25) is 9.59 Å². The molecular formula is C21H22N2O4. The number of benzene rings is 2. The Morgan fingerprint density at radius 1 is 1.11 bits per heavy atom. The summed E-state index contributed by atoms with van der Waals surface area (Å²) in [5.41, 5.74) is 3.37. The van der Waals surface area contributed by atoms with E-state index in [-0.39, 0.29) is 18.9 Å². The first-order valence-electron chi connectivity index (χ1n) is 8.83. The average Bonchev–Trinajstić information content (AvgIpc) is 3.04. The van der Waals surface area contributed by atoms with E-state index in [0.29, 0.717) is 5.56 Å². The lowest BCUT2D eigenvalue weighted by molar-refractivity contribution is -0.142. The molecule has 0 aliphatic carbocycles. The highest BCUT2D eigenvalue weighted by atomic mass is 16.4. The third kappa shape index (κ3) is 3.84. The van der Waals surface area contributed by atoms with Gasteiger partial charge in [0.15, 0.2) is 6.04 Å². The molecule has 140 valence electrons. The number of nitrogens with zero attached hydrogens (tertiary/aromatic N) is 1. The number of carbonyl (C=O) groups excluding carboxylic acids is 2. The van der Waals surface area contributed by atoms with Crippen LogP contribution in [0.25, 0.3) is 0 Å². The minimum Gasteiger partial charge on any atom is -0.479 e. The molecule has 2 unspecified atom stereocenters. The minimum absolute atomic E-state index is 0.0698. The highest BCUT2D eigenvalue weighted by Gasteiger charge is 2.37. The van der Waals surface area contributed by atoms with Gasteiger partial charge in [-0.1, -0.05) is 42.5 Å². The molecule has 1 heterocycles. The largest absolute Gasteiger partial charge is 0.479 e. The Hall–Kier alpha value is -3.15. The molecule has 6 heteroatoms. The van der Waals surface area contributed by atoms with Crippen molar-refractivity contribution in [1.29, 1.82) is 0 Å². The van der Waals surface area contributed by atoms with Crippen molar-refractivity contribution < 1.29 is 19.5 Å². The zero-order chi connectivity index (χ0) is 19.6. The molecule has 0 spiro atoms. The standard InChI is InChI=1S/C21H22N2O4/c1-13-7-6-10-17(14(13)2)23-12-16(11-18(23)24)20(25)22-19(21(26)27)15-8-4-3-5-9-15/h3-10,16,19H,11-12H2,1-2H3,(H,22,25)(H,26,27). The van der Waals surface area contributed by atoms with E-state index in [1.54, 1.807) is 35.2 Å². The fourth-order valence-corrected chi connectivity index (χ4v) is 3.34. The Morgan fingerprint density at radius 2 is 1.81 bits per heavy atom. The molecule has 0 radical (unpaired) electrons. The summed E-state index contributed by atoms with van der Waals surface area (Å²) < 4.78 is 0. The monoisotopic (exact) mass is 366 g/mol. The Morgan fingerprint density at radius 3 is 2.48 bits per heavy atom. The van der Waals surface area contributed by atoms with Crippen LogP contribution >= 0.6 is 0 Å². The minimum atomic E-state index is -1.14. The number of nitrogens with one attached hydrogen (secondary N) is 1. The van der Waals surface area contributed by atoms with Gasteiger partial charge in [0.25, 0.3) is 0 Å². The van der Waals surface area contributed by atoms with Crippen molar-refractivity contribution in [1.82, 2.24) is 5.32 Å². The molecule has 0 bridgehead atoms. The summed E-state index contributed by atoms with van der Waals surface area (Å²) in [6, 6.07) is 13.1.